The zero-order chi connectivity index (χ0) is 14.1. The van der Waals surface area contributed by atoms with E-state index in [1.165, 1.54) is 5.57 Å². The predicted molar refractivity (Wildman–Crippen MR) is 76.7 cm³/mol. The van der Waals surface area contributed by atoms with Crippen LogP contribution in [0.1, 0.15) is 33.1 Å². The molecule has 6 heteroatoms. The van der Waals surface area contributed by atoms with E-state index < -0.39 is 17.7 Å². The van der Waals surface area contributed by atoms with Crippen LogP contribution in [0.15, 0.2) is 11.6 Å². The maximum Gasteiger partial charge on any atom is 0.311 e. The van der Waals surface area contributed by atoms with Crippen molar-refractivity contribution in [2.24, 2.45) is 11.8 Å². The summed E-state index contributed by atoms with van der Waals surface area (Å²) in [7, 11) is 0. The number of rotatable bonds is 0. The molecular weight excluding hydrogens is 375 g/mol. The number of hydrogen-bond acceptors (Lipinski definition) is 5. The monoisotopic (exact) mass is 392 g/mol. The molecule has 110 valence electrons. The van der Waals surface area contributed by atoms with Crippen LogP contribution < -0.4 is 0 Å². The minimum absolute atomic E-state index is 0.0497. The first-order chi connectivity index (χ1) is 9.46. The Morgan fingerprint density at radius 1 is 1.35 bits per heavy atom. The molecule has 3 fully saturated rings. The minimum atomic E-state index is -0.873. The standard InChI is InChI=1S/C14H17IO5/c1-7-8-3-4-10(15)9-5-6-13(2)18-12(17-11(7)16)14(8,9)20-19-13/h5,7-8,10,12H,3-4,6H2,1-2H3. The molecule has 20 heavy (non-hydrogen) atoms. The lowest BCUT2D eigenvalue weighted by Gasteiger charge is -2.55. The molecule has 4 heterocycles. The van der Waals surface area contributed by atoms with Crippen LogP contribution in [0.25, 0.3) is 0 Å². The fourth-order valence-electron chi connectivity index (χ4n) is 3.88. The highest BCUT2D eigenvalue weighted by molar-refractivity contribution is 14.1. The number of carbonyl (C=O) groups excluding carboxylic acids is 1. The van der Waals surface area contributed by atoms with Gasteiger partial charge in [0.25, 0.3) is 0 Å². The van der Waals surface area contributed by atoms with Gasteiger partial charge in [-0.3, -0.25) is 4.79 Å². The van der Waals surface area contributed by atoms with Crippen LogP contribution in [-0.2, 0) is 24.0 Å². The maximum atomic E-state index is 12.1. The van der Waals surface area contributed by atoms with Crippen LogP contribution in [0, 0.1) is 11.8 Å². The van der Waals surface area contributed by atoms with Crippen molar-refractivity contribution in [2.45, 2.75) is 54.7 Å². The quantitative estimate of drug-likeness (QED) is 0.209. The Bertz CT molecular complexity index is 506. The smallest absolute Gasteiger partial charge is 0.311 e. The molecule has 5 nitrogen and oxygen atoms in total. The van der Waals surface area contributed by atoms with Gasteiger partial charge in [-0.25, -0.2) is 4.89 Å². The average molecular weight is 392 g/mol. The van der Waals surface area contributed by atoms with E-state index in [9.17, 15) is 4.79 Å². The Morgan fingerprint density at radius 2 is 2.15 bits per heavy atom. The molecule has 6 unspecified atom stereocenters. The first-order valence-corrected chi connectivity index (χ1v) is 8.30. The second kappa shape index (κ2) is 4.18. The molecule has 5 aliphatic rings. The van der Waals surface area contributed by atoms with Gasteiger partial charge in [-0.05, 0) is 25.3 Å². The summed E-state index contributed by atoms with van der Waals surface area (Å²) in [5.41, 5.74) is 0.410. The lowest BCUT2D eigenvalue weighted by atomic mass is 9.65. The number of alkyl halides is 1. The van der Waals surface area contributed by atoms with Crippen molar-refractivity contribution in [3.8, 4) is 0 Å². The summed E-state index contributed by atoms with van der Waals surface area (Å²) in [5, 5.41) is 0. The molecule has 4 aliphatic heterocycles. The third-order valence-corrected chi connectivity index (χ3v) is 6.32. The van der Waals surface area contributed by atoms with Gasteiger partial charge in [0.05, 0.1) is 5.92 Å². The van der Waals surface area contributed by atoms with Crippen LogP contribution in [0.5, 0.6) is 0 Å². The molecular formula is C14H17IO5. The summed E-state index contributed by atoms with van der Waals surface area (Å²) in [6.45, 7) is 3.72. The van der Waals surface area contributed by atoms with Crippen LogP contribution >= 0.6 is 22.6 Å². The van der Waals surface area contributed by atoms with Gasteiger partial charge >= 0.3 is 5.97 Å². The zero-order valence-electron chi connectivity index (χ0n) is 11.4. The second-order valence-corrected chi connectivity index (χ2v) is 7.79. The zero-order valence-corrected chi connectivity index (χ0v) is 13.6. The Hall–Kier alpha value is -0.180. The van der Waals surface area contributed by atoms with Gasteiger partial charge in [0.1, 0.15) is 0 Å². The van der Waals surface area contributed by atoms with Gasteiger partial charge < -0.3 is 9.47 Å². The Balaban J connectivity index is 1.89. The Kier molecular flexibility index (Phi) is 2.82. The van der Waals surface area contributed by atoms with Gasteiger partial charge in [-0.1, -0.05) is 35.6 Å². The molecule has 0 N–H and O–H groups in total. The molecule has 0 aromatic rings. The van der Waals surface area contributed by atoms with Crippen molar-refractivity contribution in [3.05, 3.63) is 11.6 Å². The van der Waals surface area contributed by atoms with Gasteiger partial charge in [-0.2, -0.15) is 4.89 Å². The lowest BCUT2D eigenvalue weighted by Crippen LogP contribution is -2.68. The molecule has 0 aromatic heterocycles. The third kappa shape index (κ3) is 1.56. The first kappa shape index (κ1) is 13.5. The molecule has 2 bridgehead atoms. The van der Waals surface area contributed by atoms with Gasteiger partial charge in [0, 0.05) is 16.3 Å². The number of fused-ring (bicyclic) bond motifs is 2. The van der Waals surface area contributed by atoms with E-state index in [-0.39, 0.29) is 17.8 Å². The normalized spacial score (nSPS) is 53.8. The van der Waals surface area contributed by atoms with E-state index in [2.05, 4.69) is 28.7 Å². The van der Waals surface area contributed by atoms with E-state index in [1.54, 1.807) is 0 Å². The average Bonchev–Trinajstić information content (AvgIpc) is 2.63. The van der Waals surface area contributed by atoms with E-state index in [0.717, 1.165) is 12.8 Å². The summed E-state index contributed by atoms with van der Waals surface area (Å²) in [6.07, 6.45) is 4.05. The lowest BCUT2D eigenvalue weighted by molar-refractivity contribution is -0.547. The number of hydrogen-bond donors (Lipinski definition) is 0. The molecule has 0 radical (unpaired) electrons. The van der Waals surface area contributed by atoms with Crippen molar-refractivity contribution >= 4 is 28.6 Å². The van der Waals surface area contributed by atoms with Crippen LogP contribution in [0.2, 0.25) is 0 Å². The molecule has 0 amide bonds. The number of esters is 1. The second-order valence-electron chi connectivity index (χ2n) is 6.28. The van der Waals surface area contributed by atoms with Crippen LogP contribution in [0.4, 0.5) is 0 Å². The topological polar surface area (TPSA) is 54.0 Å². The number of carbonyl (C=O) groups is 1. The molecule has 0 aromatic carbocycles. The van der Waals surface area contributed by atoms with E-state index in [4.69, 9.17) is 19.2 Å². The summed E-state index contributed by atoms with van der Waals surface area (Å²) < 4.78 is 11.9. The van der Waals surface area contributed by atoms with E-state index >= 15 is 0 Å². The highest BCUT2D eigenvalue weighted by Crippen LogP contribution is 2.57. The fraction of sp³-hybridized carbons (Fsp3) is 0.786. The summed E-state index contributed by atoms with van der Waals surface area (Å²) in [5.74, 6) is -1.22. The Labute approximate surface area is 131 Å². The predicted octanol–water partition coefficient (Wildman–Crippen LogP) is 2.48. The van der Waals surface area contributed by atoms with Gasteiger partial charge in [0.15, 0.2) is 5.60 Å². The molecule has 1 aliphatic carbocycles. The SMILES string of the molecule is CC1C(=O)OC2OC3(C)CC=C4C(I)CCC1C42OO3. The van der Waals surface area contributed by atoms with Crippen LogP contribution in [0.3, 0.4) is 0 Å². The molecule has 5 rings (SSSR count). The van der Waals surface area contributed by atoms with Gasteiger partial charge in [-0.15, -0.1) is 0 Å². The highest BCUT2D eigenvalue weighted by atomic mass is 127. The molecule has 1 saturated carbocycles. The van der Waals surface area contributed by atoms with Crippen molar-refractivity contribution in [1.82, 2.24) is 0 Å². The summed E-state index contributed by atoms with van der Waals surface area (Å²) in [4.78, 5) is 23.5. The van der Waals surface area contributed by atoms with E-state index in [1.807, 2.05) is 13.8 Å². The van der Waals surface area contributed by atoms with Crippen molar-refractivity contribution in [3.63, 3.8) is 0 Å². The third-order valence-electron chi connectivity index (χ3n) is 5.02. The van der Waals surface area contributed by atoms with Crippen molar-refractivity contribution in [1.29, 1.82) is 0 Å². The van der Waals surface area contributed by atoms with E-state index in [0.29, 0.717) is 10.3 Å². The summed E-state index contributed by atoms with van der Waals surface area (Å²) in [6, 6.07) is 0. The summed E-state index contributed by atoms with van der Waals surface area (Å²) >= 11 is 2.44. The van der Waals surface area contributed by atoms with Gasteiger partial charge in [0.2, 0.25) is 12.1 Å². The highest BCUT2D eigenvalue weighted by Gasteiger charge is 2.68. The molecule has 2 saturated heterocycles. The molecule has 1 spiro atoms. The minimum Gasteiger partial charge on any atom is -0.432 e. The largest absolute Gasteiger partial charge is 0.432 e. The number of ether oxygens (including phenoxy) is 2. The first-order valence-electron chi connectivity index (χ1n) is 7.06. The van der Waals surface area contributed by atoms with Crippen molar-refractivity contribution in [2.75, 3.05) is 0 Å². The fourth-order valence-corrected chi connectivity index (χ4v) is 4.98. The molecule has 6 atom stereocenters. The van der Waals surface area contributed by atoms with Crippen molar-refractivity contribution < 1.29 is 24.0 Å². The number of halogens is 1. The Morgan fingerprint density at radius 3 is 2.95 bits per heavy atom. The maximum absolute atomic E-state index is 12.1. The van der Waals surface area contributed by atoms with Crippen LogP contribution in [-0.4, -0.2) is 27.6 Å².